The van der Waals surface area contributed by atoms with Gasteiger partial charge in [0.2, 0.25) is 0 Å². The van der Waals surface area contributed by atoms with E-state index in [1.54, 1.807) is 12.1 Å². The Hall–Kier alpha value is -2.86. The summed E-state index contributed by atoms with van der Waals surface area (Å²) in [6, 6.07) is 14.7. The molecule has 1 amide bonds. The number of nitrogens with zero attached hydrogens (tertiary/aromatic N) is 1. The number of methoxy groups -OCH3 is 1. The first-order chi connectivity index (χ1) is 13.2. The first-order valence-electron chi connectivity index (χ1n) is 9.14. The summed E-state index contributed by atoms with van der Waals surface area (Å²) in [5, 5.41) is 3.46. The van der Waals surface area contributed by atoms with Crippen LogP contribution >= 0.6 is 0 Å². The third-order valence-corrected chi connectivity index (χ3v) is 5.09. The van der Waals surface area contributed by atoms with E-state index in [-0.39, 0.29) is 24.1 Å². The lowest BCUT2D eigenvalue weighted by Crippen LogP contribution is -2.46. The van der Waals surface area contributed by atoms with Gasteiger partial charge < -0.3 is 19.7 Å². The molecule has 2 atom stereocenters. The number of hydrogen-bond donors (Lipinski definition) is 1. The maximum atomic E-state index is 13.2. The van der Waals surface area contributed by atoms with Crippen molar-refractivity contribution < 1.29 is 19.1 Å². The molecule has 0 unspecified atom stereocenters. The molecule has 0 aromatic heterocycles. The van der Waals surface area contributed by atoms with Crippen molar-refractivity contribution in [1.82, 2.24) is 4.90 Å². The largest absolute Gasteiger partial charge is 0.465 e. The number of benzene rings is 2. The average Bonchev–Trinajstić information content (AvgIpc) is 3.23. The van der Waals surface area contributed by atoms with Crippen LogP contribution in [-0.2, 0) is 9.47 Å². The molecule has 2 aliphatic heterocycles. The monoisotopic (exact) mass is 366 g/mol. The fourth-order valence-corrected chi connectivity index (χ4v) is 3.67. The van der Waals surface area contributed by atoms with Crippen LogP contribution in [0.25, 0.3) is 0 Å². The molecule has 6 heteroatoms. The Morgan fingerprint density at radius 2 is 2.00 bits per heavy atom. The van der Waals surface area contributed by atoms with Gasteiger partial charge in [-0.2, -0.15) is 0 Å². The molecule has 1 fully saturated rings. The number of anilines is 1. The highest BCUT2D eigenvalue weighted by atomic mass is 16.5. The van der Waals surface area contributed by atoms with Crippen molar-refractivity contribution in [3.63, 3.8) is 0 Å². The number of rotatable bonds is 4. The summed E-state index contributed by atoms with van der Waals surface area (Å²) in [6.07, 6.45) is 1.72. The second-order valence-electron chi connectivity index (χ2n) is 6.80. The van der Waals surface area contributed by atoms with Crippen LogP contribution in [0.3, 0.4) is 0 Å². The predicted octanol–water partition coefficient (Wildman–Crippen LogP) is 3.22. The van der Waals surface area contributed by atoms with Crippen molar-refractivity contribution >= 4 is 17.6 Å². The molecule has 0 saturated carbocycles. The number of amides is 1. The van der Waals surface area contributed by atoms with Gasteiger partial charge in [0.25, 0.3) is 5.91 Å². The van der Waals surface area contributed by atoms with E-state index < -0.39 is 0 Å². The van der Waals surface area contributed by atoms with Gasteiger partial charge in [-0.15, -0.1) is 0 Å². The lowest BCUT2D eigenvalue weighted by Gasteiger charge is -2.39. The van der Waals surface area contributed by atoms with Gasteiger partial charge in [-0.3, -0.25) is 4.79 Å². The van der Waals surface area contributed by atoms with E-state index in [4.69, 9.17) is 9.47 Å². The van der Waals surface area contributed by atoms with Crippen LogP contribution in [0.2, 0.25) is 0 Å². The van der Waals surface area contributed by atoms with Gasteiger partial charge in [-0.25, -0.2) is 4.79 Å². The van der Waals surface area contributed by atoms with Crippen LogP contribution in [0, 0.1) is 0 Å². The molecule has 4 rings (SSSR count). The molecule has 2 heterocycles. The molecular formula is C21H22N2O4. The zero-order chi connectivity index (χ0) is 18.8. The molecule has 6 nitrogen and oxygen atoms in total. The van der Waals surface area contributed by atoms with Crippen molar-refractivity contribution in [3.8, 4) is 0 Å². The summed E-state index contributed by atoms with van der Waals surface area (Å²) in [5.41, 5.74) is 2.86. The molecule has 0 radical (unpaired) electrons. The highest BCUT2D eigenvalue weighted by Crippen LogP contribution is 2.34. The summed E-state index contributed by atoms with van der Waals surface area (Å²) in [6.45, 7) is 1.28. The zero-order valence-corrected chi connectivity index (χ0v) is 15.2. The van der Waals surface area contributed by atoms with Gasteiger partial charge in [-0.1, -0.05) is 24.3 Å². The van der Waals surface area contributed by atoms with E-state index in [1.165, 1.54) is 7.11 Å². The van der Waals surface area contributed by atoms with Gasteiger partial charge in [0.15, 0.2) is 0 Å². The fourth-order valence-electron chi connectivity index (χ4n) is 3.67. The highest BCUT2D eigenvalue weighted by Gasteiger charge is 2.35. The molecule has 1 N–H and O–H groups in total. The van der Waals surface area contributed by atoms with Gasteiger partial charge in [-0.05, 0) is 42.7 Å². The van der Waals surface area contributed by atoms with Crippen molar-refractivity contribution in [2.24, 2.45) is 0 Å². The van der Waals surface area contributed by atoms with Crippen molar-refractivity contribution in [3.05, 3.63) is 65.2 Å². The Bertz CT molecular complexity index is 844. The van der Waals surface area contributed by atoms with Crippen molar-refractivity contribution in [2.75, 3.05) is 25.6 Å². The Kier molecular flexibility index (Phi) is 4.81. The van der Waals surface area contributed by atoms with Crippen molar-refractivity contribution in [2.45, 2.75) is 25.1 Å². The number of carbonyl (C=O) groups excluding carboxylic acids is 2. The minimum Gasteiger partial charge on any atom is -0.465 e. The summed E-state index contributed by atoms with van der Waals surface area (Å²) in [4.78, 5) is 26.7. The summed E-state index contributed by atoms with van der Waals surface area (Å²) in [7, 11) is 1.36. The normalized spacial score (nSPS) is 21.5. The maximum absolute atomic E-state index is 13.2. The predicted molar refractivity (Wildman–Crippen MR) is 101 cm³/mol. The Balaban J connectivity index is 1.67. The second kappa shape index (κ2) is 7.40. The molecule has 2 aromatic rings. The van der Waals surface area contributed by atoms with Crippen LogP contribution in [-0.4, -0.2) is 43.1 Å². The average molecular weight is 366 g/mol. The topological polar surface area (TPSA) is 67.9 Å². The molecule has 2 aliphatic rings. The van der Waals surface area contributed by atoms with Crippen LogP contribution in [0.4, 0.5) is 5.69 Å². The van der Waals surface area contributed by atoms with Crippen LogP contribution in [0.1, 0.15) is 45.3 Å². The minimum atomic E-state index is -0.379. The minimum absolute atomic E-state index is 0.0121. The molecular weight excluding hydrogens is 344 g/mol. The van der Waals surface area contributed by atoms with E-state index in [2.05, 4.69) is 5.32 Å². The Morgan fingerprint density at radius 1 is 1.22 bits per heavy atom. The second-order valence-corrected chi connectivity index (χ2v) is 6.80. The van der Waals surface area contributed by atoms with Gasteiger partial charge in [0, 0.05) is 18.8 Å². The Labute approximate surface area is 158 Å². The molecule has 1 saturated heterocycles. The molecule has 27 heavy (non-hydrogen) atoms. The number of hydrogen-bond acceptors (Lipinski definition) is 5. The number of fused-ring (bicyclic) bond motifs is 1. The van der Waals surface area contributed by atoms with Gasteiger partial charge in [0.05, 0.1) is 24.3 Å². The van der Waals surface area contributed by atoms with E-state index in [1.807, 2.05) is 41.3 Å². The van der Waals surface area contributed by atoms with E-state index in [9.17, 15) is 9.59 Å². The van der Waals surface area contributed by atoms with Crippen LogP contribution < -0.4 is 5.32 Å². The van der Waals surface area contributed by atoms with E-state index in [0.29, 0.717) is 17.7 Å². The summed E-state index contributed by atoms with van der Waals surface area (Å²) in [5.74, 6) is -0.391. The zero-order valence-electron chi connectivity index (χ0n) is 15.2. The SMILES string of the molecule is COC(=O)c1ccc([C@H]2Nc3ccccc3C(=O)N2C[C@H]2CCCO2)cc1. The third kappa shape index (κ3) is 3.40. The lowest BCUT2D eigenvalue weighted by molar-refractivity contribution is 0.0426. The quantitative estimate of drug-likeness (QED) is 0.842. The van der Waals surface area contributed by atoms with Gasteiger partial charge in [0.1, 0.15) is 6.17 Å². The number of para-hydroxylation sites is 1. The smallest absolute Gasteiger partial charge is 0.337 e. The maximum Gasteiger partial charge on any atom is 0.337 e. The first-order valence-corrected chi connectivity index (χ1v) is 9.14. The third-order valence-electron chi connectivity index (χ3n) is 5.09. The van der Waals surface area contributed by atoms with Gasteiger partial charge >= 0.3 is 5.97 Å². The number of ether oxygens (including phenoxy) is 2. The number of esters is 1. The summed E-state index contributed by atoms with van der Waals surface area (Å²) >= 11 is 0. The molecule has 0 aliphatic carbocycles. The van der Waals surface area contributed by atoms with E-state index in [0.717, 1.165) is 30.7 Å². The molecule has 140 valence electrons. The molecule has 0 bridgehead atoms. The van der Waals surface area contributed by atoms with Crippen LogP contribution in [0.15, 0.2) is 48.5 Å². The lowest BCUT2D eigenvalue weighted by atomic mass is 10.0. The number of nitrogens with one attached hydrogen (secondary N) is 1. The Morgan fingerprint density at radius 3 is 2.70 bits per heavy atom. The van der Waals surface area contributed by atoms with Crippen molar-refractivity contribution in [1.29, 1.82) is 0 Å². The van der Waals surface area contributed by atoms with Crippen LogP contribution in [0.5, 0.6) is 0 Å². The van der Waals surface area contributed by atoms with E-state index >= 15 is 0 Å². The standard InChI is InChI=1S/C21H22N2O4/c1-26-21(25)15-10-8-14(9-11-15)19-22-18-7-3-2-6-17(18)20(24)23(19)13-16-5-4-12-27-16/h2-3,6-11,16,19,22H,4-5,12-13H2,1H3/t16-,19+/m1/s1. The molecule has 2 aromatic carbocycles. The fraction of sp³-hybridized carbons (Fsp3) is 0.333. The number of carbonyl (C=O) groups is 2. The highest BCUT2D eigenvalue weighted by molar-refractivity contribution is 6.01. The first kappa shape index (κ1) is 17.5. The summed E-state index contributed by atoms with van der Waals surface area (Å²) < 4.78 is 10.5. The molecule has 0 spiro atoms.